The molecule has 0 aromatic heterocycles. The van der Waals surface area contributed by atoms with Gasteiger partial charge in [0.2, 0.25) is 0 Å². The first-order chi connectivity index (χ1) is 12.2. The number of hydrogen-bond donors (Lipinski definition) is 0. The minimum Gasteiger partial charge on any atom is -0.332 e. The monoisotopic (exact) mass is 385 g/mol. The van der Waals surface area contributed by atoms with Crippen molar-refractivity contribution in [1.82, 2.24) is 4.90 Å². The third-order valence-electron chi connectivity index (χ3n) is 4.61. The maximum atomic E-state index is 15.1. The van der Waals surface area contributed by atoms with Crippen LogP contribution < -0.4 is 0 Å². The molecule has 1 fully saturated rings. The van der Waals surface area contributed by atoms with Crippen LogP contribution >= 0.6 is 11.6 Å². The minimum atomic E-state index is -3.19. The number of rotatable bonds is 6. The van der Waals surface area contributed by atoms with E-state index >= 15 is 4.39 Å². The van der Waals surface area contributed by atoms with Crippen LogP contribution in [-0.4, -0.2) is 40.9 Å². The van der Waals surface area contributed by atoms with Gasteiger partial charge in [0.1, 0.15) is 0 Å². The fourth-order valence-electron chi connectivity index (χ4n) is 3.10. The molecule has 1 unspecified atom stereocenters. The van der Waals surface area contributed by atoms with Crippen LogP contribution in [0, 0.1) is 0 Å². The molecule has 1 aromatic carbocycles. The third-order valence-corrected chi connectivity index (χ3v) is 4.84. The highest BCUT2D eigenvalue weighted by Crippen LogP contribution is 2.35. The molecule has 1 amide bonds. The number of carbonyl (C=O) groups excluding carboxylic acids is 1. The lowest BCUT2D eigenvalue weighted by atomic mass is 9.95. The van der Waals surface area contributed by atoms with E-state index in [4.69, 9.17) is 11.6 Å². The Morgan fingerprint density at radius 3 is 2.65 bits per heavy atom. The summed E-state index contributed by atoms with van der Waals surface area (Å²) in [6.07, 6.45) is -1.21. The zero-order valence-electron chi connectivity index (χ0n) is 14.4. The molecule has 2 aliphatic rings. The molecule has 0 bridgehead atoms. The van der Waals surface area contributed by atoms with Gasteiger partial charge in [-0.15, -0.1) is 5.10 Å². The lowest BCUT2D eigenvalue weighted by Gasteiger charge is -2.29. The molecule has 3 rings (SSSR count). The molecule has 1 atom stereocenters. The van der Waals surface area contributed by atoms with E-state index in [9.17, 15) is 13.6 Å². The van der Waals surface area contributed by atoms with Crippen LogP contribution in [0.1, 0.15) is 43.7 Å². The van der Waals surface area contributed by atoms with Crippen molar-refractivity contribution in [2.45, 2.75) is 57.3 Å². The highest BCUT2D eigenvalue weighted by atomic mass is 35.5. The summed E-state index contributed by atoms with van der Waals surface area (Å²) in [7, 11) is 0. The highest BCUT2D eigenvalue weighted by Gasteiger charge is 2.53. The molecule has 140 valence electrons. The molecule has 4 nitrogen and oxygen atoms in total. The van der Waals surface area contributed by atoms with Crippen molar-refractivity contribution in [3.8, 4) is 0 Å². The van der Waals surface area contributed by atoms with Crippen LogP contribution in [0.5, 0.6) is 0 Å². The standard InChI is InChI=1S/C18H19ClF3N3O/c1-10(2)14-6-3-12(19)7-11(14)8-25(13-4-5-13)17(26)18(22)9-23-24-15(18)16(20)21/h3,6-7,9-10,13,16H,4-5,8H2,1-2H3. The lowest BCUT2D eigenvalue weighted by molar-refractivity contribution is -0.137. The minimum absolute atomic E-state index is 0.105. The fourth-order valence-corrected chi connectivity index (χ4v) is 3.29. The van der Waals surface area contributed by atoms with Crippen molar-refractivity contribution in [3.63, 3.8) is 0 Å². The summed E-state index contributed by atoms with van der Waals surface area (Å²) in [5, 5.41) is 6.86. The Hall–Kier alpha value is -1.89. The topological polar surface area (TPSA) is 45.0 Å². The second-order valence-corrected chi connectivity index (χ2v) is 7.34. The van der Waals surface area contributed by atoms with Crippen molar-refractivity contribution in [2.75, 3.05) is 0 Å². The van der Waals surface area contributed by atoms with Gasteiger partial charge in [-0.1, -0.05) is 31.5 Å². The van der Waals surface area contributed by atoms with Gasteiger partial charge in [-0.25, -0.2) is 13.2 Å². The Labute approximate surface area is 154 Å². The Kier molecular flexibility index (Phi) is 5.10. The van der Waals surface area contributed by atoms with Gasteiger partial charge in [0.15, 0.2) is 5.71 Å². The first-order valence-corrected chi connectivity index (χ1v) is 8.81. The van der Waals surface area contributed by atoms with Gasteiger partial charge in [0, 0.05) is 17.6 Å². The number of halogens is 4. The van der Waals surface area contributed by atoms with Gasteiger partial charge in [-0.3, -0.25) is 4.79 Å². The molecule has 1 aromatic rings. The van der Waals surface area contributed by atoms with Crippen LogP contribution in [0.2, 0.25) is 5.02 Å². The summed E-state index contributed by atoms with van der Waals surface area (Å²) in [6.45, 7) is 4.10. The van der Waals surface area contributed by atoms with E-state index in [0.717, 1.165) is 11.1 Å². The maximum Gasteiger partial charge on any atom is 0.282 e. The number of benzene rings is 1. The van der Waals surface area contributed by atoms with Gasteiger partial charge in [-0.2, -0.15) is 5.10 Å². The Morgan fingerprint density at radius 2 is 2.08 bits per heavy atom. The van der Waals surface area contributed by atoms with E-state index in [2.05, 4.69) is 10.2 Å². The second-order valence-electron chi connectivity index (χ2n) is 6.90. The largest absolute Gasteiger partial charge is 0.332 e. The fraction of sp³-hybridized carbons (Fsp3) is 0.500. The van der Waals surface area contributed by atoms with Gasteiger partial charge < -0.3 is 4.90 Å². The third kappa shape index (κ3) is 3.49. The normalized spacial score (nSPS) is 22.2. The lowest BCUT2D eigenvalue weighted by Crippen LogP contribution is -2.53. The molecule has 8 heteroatoms. The molecular formula is C18H19ClF3N3O. The number of carbonyl (C=O) groups is 1. The van der Waals surface area contributed by atoms with Crippen molar-refractivity contribution >= 4 is 29.4 Å². The van der Waals surface area contributed by atoms with Crippen LogP contribution in [0.3, 0.4) is 0 Å². The summed E-state index contributed by atoms with van der Waals surface area (Å²) in [5.74, 6) is -0.876. The Morgan fingerprint density at radius 1 is 1.38 bits per heavy atom. The van der Waals surface area contributed by atoms with Gasteiger partial charge in [-0.05, 0) is 42.0 Å². The maximum absolute atomic E-state index is 15.1. The molecule has 1 aliphatic heterocycles. The summed E-state index contributed by atoms with van der Waals surface area (Å²) in [6, 6.07) is 5.18. The molecular weight excluding hydrogens is 367 g/mol. The van der Waals surface area contributed by atoms with Gasteiger partial charge in [0.25, 0.3) is 18.0 Å². The Bertz CT molecular complexity index is 777. The molecule has 1 saturated carbocycles. The summed E-state index contributed by atoms with van der Waals surface area (Å²) in [5.41, 5.74) is -2.39. The van der Waals surface area contributed by atoms with E-state index in [1.807, 2.05) is 19.9 Å². The molecule has 0 saturated heterocycles. The van der Waals surface area contributed by atoms with Crippen LogP contribution in [0.4, 0.5) is 13.2 Å². The molecule has 0 spiro atoms. The number of alkyl halides is 3. The zero-order valence-corrected chi connectivity index (χ0v) is 15.2. The SMILES string of the molecule is CC(C)c1ccc(Cl)cc1CN(C(=O)C1(F)C=NN=C1C(F)F)C1CC1. The smallest absolute Gasteiger partial charge is 0.282 e. The second kappa shape index (κ2) is 7.02. The van der Waals surface area contributed by atoms with Gasteiger partial charge in [0.05, 0.1) is 6.21 Å². The molecule has 0 N–H and O–H groups in total. The zero-order chi connectivity index (χ0) is 19.1. The van der Waals surface area contributed by atoms with E-state index in [-0.39, 0.29) is 18.5 Å². The Balaban J connectivity index is 1.92. The van der Waals surface area contributed by atoms with Crippen molar-refractivity contribution < 1.29 is 18.0 Å². The quantitative estimate of drug-likeness (QED) is 0.717. The predicted octanol–water partition coefficient (Wildman–Crippen LogP) is 4.37. The van der Waals surface area contributed by atoms with Crippen molar-refractivity contribution in [3.05, 3.63) is 34.3 Å². The predicted molar refractivity (Wildman–Crippen MR) is 94.9 cm³/mol. The molecule has 1 heterocycles. The van der Waals surface area contributed by atoms with E-state index < -0.39 is 23.7 Å². The van der Waals surface area contributed by atoms with E-state index in [1.165, 1.54) is 4.90 Å². The van der Waals surface area contributed by atoms with Crippen molar-refractivity contribution in [2.24, 2.45) is 10.2 Å². The number of amides is 1. The number of nitrogens with zero attached hydrogens (tertiary/aromatic N) is 3. The highest BCUT2D eigenvalue weighted by molar-refractivity contribution is 6.30. The van der Waals surface area contributed by atoms with Gasteiger partial charge >= 0.3 is 0 Å². The summed E-state index contributed by atoms with van der Waals surface area (Å²) < 4.78 is 41.3. The number of hydrogen-bond acceptors (Lipinski definition) is 3. The van der Waals surface area contributed by atoms with Crippen LogP contribution in [0.25, 0.3) is 0 Å². The summed E-state index contributed by atoms with van der Waals surface area (Å²) in [4.78, 5) is 14.2. The first kappa shape index (κ1) is 18.9. The molecule has 26 heavy (non-hydrogen) atoms. The van der Waals surface area contributed by atoms with Crippen LogP contribution in [0.15, 0.2) is 28.4 Å². The van der Waals surface area contributed by atoms with E-state index in [0.29, 0.717) is 24.1 Å². The summed E-state index contributed by atoms with van der Waals surface area (Å²) >= 11 is 6.08. The van der Waals surface area contributed by atoms with Crippen molar-refractivity contribution in [1.29, 1.82) is 0 Å². The van der Waals surface area contributed by atoms with Crippen LogP contribution in [-0.2, 0) is 11.3 Å². The molecule has 1 aliphatic carbocycles. The van der Waals surface area contributed by atoms with E-state index in [1.54, 1.807) is 12.1 Å². The molecule has 0 radical (unpaired) electrons. The average Bonchev–Trinajstić information content (AvgIpc) is 3.33. The average molecular weight is 386 g/mol. The first-order valence-electron chi connectivity index (χ1n) is 8.43.